The second-order valence-corrected chi connectivity index (χ2v) is 5.22. The van der Waals surface area contributed by atoms with Crippen LogP contribution in [0.4, 0.5) is 0 Å². The minimum absolute atomic E-state index is 0.588. The molecule has 0 spiro atoms. The summed E-state index contributed by atoms with van der Waals surface area (Å²) in [5, 5.41) is 0. The van der Waals surface area contributed by atoms with Crippen LogP contribution < -0.4 is 0 Å². The van der Waals surface area contributed by atoms with Crippen LogP contribution in [-0.2, 0) is 0 Å². The van der Waals surface area contributed by atoms with Gasteiger partial charge < -0.3 is 4.40 Å². The predicted octanol–water partition coefficient (Wildman–Crippen LogP) is 2.37. The molecule has 3 nitrogen and oxygen atoms in total. The van der Waals surface area contributed by atoms with Crippen LogP contribution in [0.3, 0.4) is 0 Å². The quantitative estimate of drug-likeness (QED) is 0.745. The Morgan fingerprint density at radius 3 is 3.25 bits per heavy atom. The Morgan fingerprint density at radius 2 is 2.50 bits per heavy atom. The van der Waals surface area contributed by atoms with Crippen molar-refractivity contribution in [2.24, 2.45) is 0 Å². The maximum atomic E-state index is 10.7. The molecule has 4 heteroatoms. The van der Waals surface area contributed by atoms with Gasteiger partial charge in [-0.05, 0) is 24.3 Å². The van der Waals surface area contributed by atoms with E-state index in [1.54, 1.807) is 0 Å². The van der Waals surface area contributed by atoms with E-state index in [1.165, 1.54) is 17.9 Å². The molecule has 2 aromatic heterocycles. The molecule has 0 aliphatic carbocycles. The molecule has 1 unspecified atom stereocenters. The topological polar surface area (TPSA) is 34.4 Å². The van der Waals surface area contributed by atoms with Gasteiger partial charge in [-0.15, -0.1) is 0 Å². The Labute approximate surface area is 97.9 Å². The maximum Gasteiger partial charge on any atom is 0.150 e. The molecule has 0 radical (unpaired) electrons. The number of carbonyl (C=O) groups excluding carboxylic acids is 1. The fourth-order valence-electron chi connectivity index (χ4n) is 2.06. The Balaban J connectivity index is 2.04. The van der Waals surface area contributed by atoms with Crippen LogP contribution in [-0.4, -0.2) is 27.2 Å². The molecule has 0 aromatic carbocycles. The number of imidazole rings is 1. The van der Waals surface area contributed by atoms with Crippen LogP contribution in [0, 0.1) is 0 Å². The third-order valence-electron chi connectivity index (χ3n) is 2.99. The fraction of sp³-hybridized carbons (Fsp3) is 0.333. The van der Waals surface area contributed by atoms with E-state index in [1.807, 2.05) is 34.5 Å². The number of hydrogen-bond donors (Lipinski definition) is 0. The molecule has 82 valence electrons. The van der Waals surface area contributed by atoms with E-state index in [4.69, 9.17) is 0 Å². The molecule has 1 aliphatic rings. The standard InChI is InChI=1S/C12H12N2OS/c15-7-9-1-3-14-6-11(13-12(14)5-9)10-2-4-16-8-10/h1,3,5-7,10H,2,4,8H2. The van der Waals surface area contributed by atoms with E-state index in [2.05, 4.69) is 11.2 Å². The molecule has 1 atom stereocenters. The van der Waals surface area contributed by atoms with Crippen molar-refractivity contribution in [1.29, 1.82) is 0 Å². The van der Waals surface area contributed by atoms with Crippen molar-refractivity contribution in [2.45, 2.75) is 12.3 Å². The summed E-state index contributed by atoms with van der Waals surface area (Å²) < 4.78 is 1.99. The number of aromatic nitrogens is 2. The third kappa shape index (κ3) is 1.63. The average molecular weight is 232 g/mol. The molecule has 1 fully saturated rings. The van der Waals surface area contributed by atoms with Crippen LogP contribution in [0.2, 0.25) is 0 Å². The van der Waals surface area contributed by atoms with Gasteiger partial charge in [-0.1, -0.05) is 0 Å². The van der Waals surface area contributed by atoms with Crippen LogP contribution >= 0.6 is 11.8 Å². The molecule has 0 amide bonds. The number of fused-ring (bicyclic) bond motifs is 1. The van der Waals surface area contributed by atoms with Crippen molar-refractivity contribution in [2.75, 3.05) is 11.5 Å². The molecule has 0 N–H and O–H groups in total. The lowest BCUT2D eigenvalue weighted by Gasteiger charge is -2.01. The summed E-state index contributed by atoms with van der Waals surface area (Å²) in [7, 11) is 0. The van der Waals surface area contributed by atoms with Gasteiger partial charge in [0.25, 0.3) is 0 Å². The van der Waals surface area contributed by atoms with Crippen molar-refractivity contribution in [1.82, 2.24) is 9.38 Å². The van der Waals surface area contributed by atoms with Gasteiger partial charge in [0.1, 0.15) is 11.9 Å². The van der Waals surface area contributed by atoms with Crippen LogP contribution in [0.5, 0.6) is 0 Å². The van der Waals surface area contributed by atoms with E-state index in [9.17, 15) is 4.79 Å². The third-order valence-corrected chi connectivity index (χ3v) is 4.15. The zero-order chi connectivity index (χ0) is 11.0. The van der Waals surface area contributed by atoms with Gasteiger partial charge in [-0.2, -0.15) is 11.8 Å². The first-order valence-electron chi connectivity index (χ1n) is 5.38. The lowest BCUT2D eigenvalue weighted by atomic mass is 10.1. The normalized spacial score (nSPS) is 20.4. The highest BCUT2D eigenvalue weighted by molar-refractivity contribution is 7.99. The smallest absolute Gasteiger partial charge is 0.150 e. The van der Waals surface area contributed by atoms with Crippen LogP contribution in [0.15, 0.2) is 24.5 Å². The SMILES string of the molecule is O=Cc1ccn2cc(C3CCSC3)nc2c1. The van der Waals surface area contributed by atoms with Gasteiger partial charge in [0.05, 0.1) is 5.69 Å². The zero-order valence-corrected chi connectivity index (χ0v) is 9.61. The lowest BCUT2D eigenvalue weighted by Crippen LogP contribution is -1.95. The number of nitrogens with zero attached hydrogens (tertiary/aromatic N) is 2. The Morgan fingerprint density at radius 1 is 1.56 bits per heavy atom. The molecule has 0 bridgehead atoms. The number of carbonyl (C=O) groups is 1. The van der Waals surface area contributed by atoms with Crippen LogP contribution in [0.25, 0.3) is 5.65 Å². The number of thioether (sulfide) groups is 1. The predicted molar refractivity (Wildman–Crippen MR) is 65.3 cm³/mol. The summed E-state index contributed by atoms with van der Waals surface area (Å²) >= 11 is 1.99. The Kier molecular flexibility index (Phi) is 2.44. The lowest BCUT2D eigenvalue weighted by molar-refractivity contribution is 0.112. The van der Waals surface area contributed by atoms with Gasteiger partial charge in [-0.3, -0.25) is 4.79 Å². The Bertz CT molecular complexity index is 529. The van der Waals surface area contributed by atoms with E-state index in [-0.39, 0.29) is 0 Å². The Hall–Kier alpha value is -1.29. The minimum Gasteiger partial charge on any atom is -0.307 e. The van der Waals surface area contributed by atoms with E-state index >= 15 is 0 Å². The summed E-state index contributed by atoms with van der Waals surface area (Å²) in [6, 6.07) is 3.65. The molecule has 0 saturated carbocycles. The van der Waals surface area contributed by atoms with Crippen molar-refractivity contribution in [3.8, 4) is 0 Å². The molecule has 1 aliphatic heterocycles. The number of rotatable bonds is 2. The molecule has 1 saturated heterocycles. The molecule has 2 aromatic rings. The second-order valence-electron chi connectivity index (χ2n) is 4.07. The summed E-state index contributed by atoms with van der Waals surface area (Å²) in [6.07, 6.45) is 6.06. The first-order chi connectivity index (χ1) is 7.86. The summed E-state index contributed by atoms with van der Waals surface area (Å²) in [4.78, 5) is 15.3. The summed E-state index contributed by atoms with van der Waals surface area (Å²) in [5.41, 5.74) is 2.72. The first-order valence-corrected chi connectivity index (χ1v) is 6.54. The summed E-state index contributed by atoms with van der Waals surface area (Å²) in [5.74, 6) is 2.99. The molecular weight excluding hydrogens is 220 g/mol. The van der Waals surface area contributed by atoms with Gasteiger partial charge in [0.2, 0.25) is 0 Å². The highest BCUT2D eigenvalue weighted by atomic mass is 32.2. The second kappa shape index (κ2) is 3.94. The molecule has 16 heavy (non-hydrogen) atoms. The highest BCUT2D eigenvalue weighted by Crippen LogP contribution is 2.31. The first kappa shape index (κ1) is 9.90. The van der Waals surface area contributed by atoms with Crippen molar-refractivity contribution >= 4 is 23.7 Å². The minimum atomic E-state index is 0.588. The van der Waals surface area contributed by atoms with Gasteiger partial charge >= 0.3 is 0 Å². The average Bonchev–Trinajstić information content (AvgIpc) is 2.96. The monoisotopic (exact) mass is 232 g/mol. The molecule has 3 rings (SSSR count). The summed E-state index contributed by atoms with van der Waals surface area (Å²) in [6.45, 7) is 0. The van der Waals surface area contributed by atoms with Crippen molar-refractivity contribution in [3.05, 3.63) is 35.8 Å². The maximum absolute atomic E-state index is 10.7. The van der Waals surface area contributed by atoms with Gasteiger partial charge in [0.15, 0.2) is 0 Å². The van der Waals surface area contributed by atoms with E-state index < -0.39 is 0 Å². The van der Waals surface area contributed by atoms with Gasteiger partial charge in [0, 0.05) is 29.6 Å². The number of pyridine rings is 1. The van der Waals surface area contributed by atoms with E-state index in [0.717, 1.165) is 17.6 Å². The zero-order valence-electron chi connectivity index (χ0n) is 8.80. The van der Waals surface area contributed by atoms with Crippen molar-refractivity contribution < 1.29 is 4.79 Å². The number of aldehydes is 1. The highest BCUT2D eigenvalue weighted by Gasteiger charge is 2.20. The van der Waals surface area contributed by atoms with E-state index in [0.29, 0.717) is 11.5 Å². The van der Waals surface area contributed by atoms with Crippen LogP contribution in [0.1, 0.15) is 28.4 Å². The van der Waals surface area contributed by atoms with Crippen molar-refractivity contribution in [3.63, 3.8) is 0 Å². The fourth-order valence-corrected chi connectivity index (χ4v) is 3.29. The largest absolute Gasteiger partial charge is 0.307 e. The van der Waals surface area contributed by atoms with Gasteiger partial charge in [-0.25, -0.2) is 4.98 Å². The molecule has 3 heterocycles. The number of hydrogen-bond acceptors (Lipinski definition) is 3. The molecular formula is C12H12N2OS.